The van der Waals surface area contributed by atoms with E-state index in [0.717, 1.165) is 6.54 Å². The maximum absolute atomic E-state index is 5.29. The largest absolute Gasteiger partial charge is 0.381 e. The predicted molar refractivity (Wildman–Crippen MR) is 69.1 cm³/mol. The van der Waals surface area contributed by atoms with Crippen LogP contribution in [0.4, 0.5) is 0 Å². The second-order valence-electron chi connectivity index (χ2n) is 5.36. The Balaban J connectivity index is 1.52. The van der Waals surface area contributed by atoms with Crippen molar-refractivity contribution in [3.05, 3.63) is 34.9 Å². The summed E-state index contributed by atoms with van der Waals surface area (Å²) in [6.45, 7) is 1.01. The van der Waals surface area contributed by atoms with Crippen LogP contribution in [0, 0.1) is 0 Å². The molecule has 0 saturated heterocycles. The van der Waals surface area contributed by atoms with Crippen LogP contribution < -0.4 is 5.32 Å². The lowest BCUT2D eigenvalue weighted by Gasteiger charge is -2.34. The van der Waals surface area contributed by atoms with Crippen LogP contribution in [0.15, 0.2) is 18.2 Å². The van der Waals surface area contributed by atoms with Gasteiger partial charge < -0.3 is 10.1 Å². The Morgan fingerprint density at radius 2 is 2.06 bits per heavy atom. The topological polar surface area (TPSA) is 21.3 Å². The van der Waals surface area contributed by atoms with Gasteiger partial charge in [0.15, 0.2) is 0 Å². The molecule has 17 heavy (non-hydrogen) atoms. The van der Waals surface area contributed by atoms with Crippen LogP contribution in [0.2, 0.25) is 0 Å². The minimum atomic E-state index is 0.493. The summed E-state index contributed by atoms with van der Waals surface area (Å²) >= 11 is 0. The molecule has 2 aliphatic carbocycles. The van der Waals surface area contributed by atoms with Gasteiger partial charge in [0, 0.05) is 19.7 Å². The van der Waals surface area contributed by atoms with E-state index in [1.807, 2.05) is 0 Å². The molecule has 0 spiro atoms. The first-order valence-corrected chi connectivity index (χ1v) is 6.72. The van der Waals surface area contributed by atoms with E-state index in [4.69, 9.17) is 4.74 Å². The lowest BCUT2D eigenvalue weighted by molar-refractivity contribution is 0.0170. The Morgan fingerprint density at radius 3 is 2.88 bits per heavy atom. The lowest BCUT2D eigenvalue weighted by Crippen LogP contribution is -2.44. The van der Waals surface area contributed by atoms with Crippen molar-refractivity contribution < 1.29 is 4.74 Å². The van der Waals surface area contributed by atoms with Crippen LogP contribution in [0.5, 0.6) is 0 Å². The lowest BCUT2D eigenvalue weighted by atomic mass is 9.89. The van der Waals surface area contributed by atoms with Crippen LogP contribution in [0.1, 0.15) is 36.0 Å². The molecule has 1 saturated carbocycles. The van der Waals surface area contributed by atoms with Gasteiger partial charge in [-0.2, -0.15) is 0 Å². The van der Waals surface area contributed by atoms with E-state index in [1.165, 1.54) is 37.7 Å². The summed E-state index contributed by atoms with van der Waals surface area (Å²) in [7, 11) is 1.81. The molecule has 1 N–H and O–H groups in total. The quantitative estimate of drug-likeness (QED) is 0.859. The average Bonchev–Trinajstić information content (AvgIpc) is 2.74. The third-order valence-electron chi connectivity index (χ3n) is 4.19. The average molecular weight is 231 g/mol. The van der Waals surface area contributed by atoms with Crippen molar-refractivity contribution in [3.8, 4) is 0 Å². The van der Waals surface area contributed by atoms with Crippen LogP contribution in [-0.4, -0.2) is 19.3 Å². The molecule has 3 rings (SSSR count). The summed E-state index contributed by atoms with van der Waals surface area (Å²) in [4.78, 5) is 0. The van der Waals surface area contributed by atoms with Gasteiger partial charge >= 0.3 is 0 Å². The Hall–Kier alpha value is -0.860. The van der Waals surface area contributed by atoms with Crippen molar-refractivity contribution in [1.29, 1.82) is 0 Å². The maximum atomic E-state index is 5.29. The second kappa shape index (κ2) is 4.79. The van der Waals surface area contributed by atoms with Crippen LogP contribution in [-0.2, 0) is 24.1 Å². The fourth-order valence-electron chi connectivity index (χ4n) is 2.92. The third-order valence-corrected chi connectivity index (χ3v) is 4.19. The number of benzene rings is 1. The monoisotopic (exact) mass is 231 g/mol. The molecule has 1 fully saturated rings. The Bertz CT molecular complexity index is 396. The van der Waals surface area contributed by atoms with E-state index < -0.39 is 0 Å². The van der Waals surface area contributed by atoms with Crippen molar-refractivity contribution in [2.24, 2.45) is 0 Å². The first-order chi connectivity index (χ1) is 8.35. The molecule has 0 aromatic heterocycles. The number of hydrogen-bond donors (Lipinski definition) is 1. The molecular formula is C15H21NO. The highest BCUT2D eigenvalue weighted by atomic mass is 16.5. The van der Waals surface area contributed by atoms with Crippen molar-refractivity contribution in [3.63, 3.8) is 0 Å². The number of fused-ring (bicyclic) bond motifs is 1. The molecule has 0 aliphatic heterocycles. The molecule has 0 amide bonds. The predicted octanol–water partition coefficient (Wildman–Crippen LogP) is 2.44. The van der Waals surface area contributed by atoms with E-state index in [2.05, 4.69) is 23.5 Å². The summed E-state index contributed by atoms with van der Waals surface area (Å²) < 4.78 is 5.29. The van der Waals surface area contributed by atoms with Gasteiger partial charge in [0.25, 0.3) is 0 Å². The van der Waals surface area contributed by atoms with E-state index >= 15 is 0 Å². The molecule has 0 bridgehead atoms. The zero-order chi connectivity index (χ0) is 11.7. The highest BCUT2D eigenvalue weighted by molar-refractivity contribution is 5.35. The van der Waals surface area contributed by atoms with E-state index in [-0.39, 0.29) is 0 Å². The van der Waals surface area contributed by atoms with Crippen molar-refractivity contribution in [2.45, 2.75) is 50.8 Å². The smallest absolute Gasteiger partial charge is 0.0601 e. The minimum Gasteiger partial charge on any atom is -0.381 e. The molecule has 0 heterocycles. The summed E-state index contributed by atoms with van der Waals surface area (Å²) in [6, 6.07) is 7.65. The zero-order valence-electron chi connectivity index (χ0n) is 10.5. The zero-order valence-corrected chi connectivity index (χ0v) is 10.5. The van der Waals surface area contributed by atoms with Gasteiger partial charge in [-0.15, -0.1) is 0 Å². The summed E-state index contributed by atoms with van der Waals surface area (Å²) in [5.74, 6) is 0. The highest BCUT2D eigenvalue weighted by Gasteiger charge is 2.28. The van der Waals surface area contributed by atoms with Gasteiger partial charge in [-0.05, 0) is 48.8 Å². The molecular weight excluding hydrogens is 210 g/mol. The fraction of sp³-hybridized carbons (Fsp3) is 0.600. The first kappa shape index (κ1) is 11.2. The van der Waals surface area contributed by atoms with E-state index in [1.54, 1.807) is 18.2 Å². The van der Waals surface area contributed by atoms with Gasteiger partial charge in [0.2, 0.25) is 0 Å². The number of hydrogen-bond acceptors (Lipinski definition) is 2. The molecule has 2 heteroatoms. The molecule has 1 aromatic carbocycles. The molecule has 2 nitrogen and oxygen atoms in total. The summed E-state index contributed by atoms with van der Waals surface area (Å²) in [5.41, 5.74) is 4.58. The molecule has 1 aromatic rings. The Kier molecular flexibility index (Phi) is 3.17. The maximum Gasteiger partial charge on any atom is 0.0601 e. The minimum absolute atomic E-state index is 0.493. The van der Waals surface area contributed by atoms with Gasteiger partial charge in [-0.1, -0.05) is 18.2 Å². The normalized spacial score (nSPS) is 26.6. The summed E-state index contributed by atoms with van der Waals surface area (Å²) in [6.07, 6.45) is 6.72. The molecule has 0 atom stereocenters. The fourth-order valence-corrected chi connectivity index (χ4v) is 2.92. The van der Waals surface area contributed by atoms with Crippen molar-refractivity contribution >= 4 is 0 Å². The first-order valence-electron chi connectivity index (χ1n) is 6.72. The molecule has 0 unspecified atom stereocenters. The van der Waals surface area contributed by atoms with Crippen LogP contribution in [0.3, 0.4) is 0 Å². The molecule has 2 aliphatic rings. The number of ether oxygens (including phenoxy) is 1. The van der Waals surface area contributed by atoms with Crippen LogP contribution >= 0.6 is 0 Å². The van der Waals surface area contributed by atoms with Crippen LogP contribution in [0.25, 0.3) is 0 Å². The van der Waals surface area contributed by atoms with E-state index in [0.29, 0.717) is 12.1 Å². The third kappa shape index (κ3) is 2.38. The Morgan fingerprint density at radius 1 is 1.24 bits per heavy atom. The standard InChI is InChI=1S/C15H21NO/c1-17-15-8-14(9-15)16-10-11-5-6-12-3-2-4-13(12)7-11/h5-7,14-16H,2-4,8-10H2,1H3. The number of rotatable bonds is 4. The van der Waals surface area contributed by atoms with Gasteiger partial charge in [0.05, 0.1) is 6.10 Å². The number of nitrogens with one attached hydrogen (secondary N) is 1. The molecule has 0 radical (unpaired) electrons. The molecule has 92 valence electrons. The number of aryl methyl sites for hydroxylation is 2. The second-order valence-corrected chi connectivity index (χ2v) is 5.36. The Labute approximate surface area is 103 Å². The summed E-state index contributed by atoms with van der Waals surface area (Å²) in [5, 5.41) is 3.61. The number of methoxy groups -OCH3 is 1. The van der Waals surface area contributed by atoms with E-state index in [9.17, 15) is 0 Å². The van der Waals surface area contributed by atoms with Gasteiger partial charge in [0.1, 0.15) is 0 Å². The van der Waals surface area contributed by atoms with Crippen molar-refractivity contribution in [2.75, 3.05) is 7.11 Å². The van der Waals surface area contributed by atoms with Gasteiger partial charge in [-0.25, -0.2) is 0 Å². The SMILES string of the molecule is COC1CC(NCc2ccc3c(c2)CCC3)C1. The van der Waals surface area contributed by atoms with Gasteiger partial charge in [-0.3, -0.25) is 0 Å². The highest BCUT2D eigenvalue weighted by Crippen LogP contribution is 2.25. The van der Waals surface area contributed by atoms with Crippen molar-refractivity contribution in [1.82, 2.24) is 5.32 Å².